The number of nitrogens with one attached hydrogen (secondary N) is 1. The van der Waals surface area contributed by atoms with Crippen molar-refractivity contribution in [2.24, 2.45) is 4.99 Å². The van der Waals surface area contributed by atoms with Crippen LogP contribution in [0.3, 0.4) is 0 Å². The van der Waals surface area contributed by atoms with Gasteiger partial charge in [-0.3, -0.25) is 4.79 Å². The summed E-state index contributed by atoms with van der Waals surface area (Å²) in [5.41, 5.74) is -0.0201. The van der Waals surface area contributed by atoms with Crippen LogP contribution in [-0.2, 0) is 25.8 Å². The fraction of sp³-hybridized carbons (Fsp3) is 0.257. The Morgan fingerprint density at radius 2 is 1.67 bits per heavy atom. The number of hydrogen-bond donors (Lipinski definition) is 2. The molecule has 2 atom stereocenters. The van der Waals surface area contributed by atoms with Gasteiger partial charge in [0.05, 0.1) is 17.3 Å². The van der Waals surface area contributed by atoms with Crippen molar-refractivity contribution in [3.05, 3.63) is 130 Å². The van der Waals surface area contributed by atoms with Crippen LogP contribution < -0.4 is 10.1 Å². The minimum absolute atomic E-state index is 0.0185. The third-order valence-electron chi connectivity index (χ3n) is 7.69. The summed E-state index contributed by atoms with van der Waals surface area (Å²) in [4.78, 5) is 19.3. The van der Waals surface area contributed by atoms with Crippen LogP contribution in [0.5, 0.6) is 5.75 Å². The second kappa shape index (κ2) is 15.0. The third-order valence-corrected chi connectivity index (χ3v) is 9.96. The summed E-state index contributed by atoms with van der Waals surface area (Å²) in [5, 5.41) is 11.9. The van der Waals surface area contributed by atoms with E-state index in [1.807, 2.05) is 12.1 Å². The van der Waals surface area contributed by atoms with Gasteiger partial charge < -0.3 is 19.9 Å². The average molecular weight is 710 g/mol. The number of halogens is 2. The number of aliphatic hydroxyl groups excluding tert-OH is 1. The quantitative estimate of drug-likeness (QED) is 0.160. The Labute approximate surface area is 276 Å². The maximum Gasteiger partial charge on any atom is 0.252 e. The molecule has 0 aliphatic carbocycles. The second-order valence-electron chi connectivity index (χ2n) is 10.8. The predicted molar refractivity (Wildman–Crippen MR) is 177 cm³/mol. The molecule has 1 aliphatic heterocycles. The molecule has 4 aromatic rings. The van der Waals surface area contributed by atoms with Gasteiger partial charge in [0.15, 0.2) is 21.5 Å². The van der Waals surface area contributed by atoms with E-state index >= 15 is 0 Å². The molecule has 0 aromatic heterocycles. The standard InChI is InChI=1S/C35H34BrFN2O6S/c36-28-15-11-26(12-16-28)32-35(20-24-46(42,43)30-8-2-1-3-9-30,34(41)38-21-19-25-7-4-5-10-31(25)37)39-33(45-32)27-13-17-29(18-14-27)44-23-6-22-40/h1-5,7-18,32,40H,6,19-24H2,(H,38,41)/t32-,35-/m1/s1. The van der Waals surface area contributed by atoms with Crippen LogP contribution in [0.4, 0.5) is 4.39 Å². The number of nitrogens with zero attached hydrogens (tertiary/aromatic N) is 1. The van der Waals surface area contributed by atoms with E-state index in [4.69, 9.17) is 19.6 Å². The van der Waals surface area contributed by atoms with E-state index in [1.54, 1.807) is 72.8 Å². The molecule has 1 heterocycles. The number of sulfone groups is 1. The van der Waals surface area contributed by atoms with Crippen LogP contribution in [0, 0.1) is 5.82 Å². The summed E-state index contributed by atoms with van der Waals surface area (Å²) in [5.74, 6) is -0.509. The molecule has 4 aromatic carbocycles. The zero-order chi connectivity index (χ0) is 32.6. The van der Waals surface area contributed by atoms with E-state index in [0.717, 1.165) is 4.47 Å². The summed E-state index contributed by atoms with van der Waals surface area (Å²) in [7, 11) is -3.80. The number of amides is 1. The number of hydrogen-bond acceptors (Lipinski definition) is 7. The first-order chi connectivity index (χ1) is 22.2. The fourth-order valence-corrected chi connectivity index (χ4v) is 6.86. The Hall–Kier alpha value is -4.06. The van der Waals surface area contributed by atoms with Gasteiger partial charge in [0.1, 0.15) is 11.6 Å². The van der Waals surface area contributed by atoms with Crippen LogP contribution in [0.15, 0.2) is 117 Å². The van der Waals surface area contributed by atoms with Crippen molar-refractivity contribution < 1.29 is 32.2 Å². The zero-order valence-electron chi connectivity index (χ0n) is 24.9. The molecule has 5 rings (SSSR count). The van der Waals surface area contributed by atoms with Crippen molar-refractivity contribution in [2.45, 2.75) is 35.8 Å². The van der Waals surface area contributed by atoms with Crippen molar-refractivity contribution in [1.82, 2.24) is 5.32 Å². The van der Waals surface area contributed by atoms with Gasteiger partial charge in [-0.15, -0.1) is 0 Å². The maximum atomic E-state index is 14.3. The van der Waals surface area contributed by atoms with E-state index in [-0.39, 0.29) is 48.4 Å². The van der Waals surface area contributed by atoms with Gasteiger partial charge in [-0.2, -0.15) is 0 Å². The van der Waals surface area contributed by atoms with E-state index < -0.39 is 27.4 Å². The SMILES string of the molecule is O=C(NCCc1ccccc1F)[C@]1(CCS(=O)(=O)c2ccccc2)N=C(c2ccc(OCCCO)cc2)O[C@@H]1c1ccc(Br)cc1. The fourth-order valence-electron chi connectivity index (χ4n) is 5.21. The zero-order valence-corrected chi connectivity index (χ0v) is 27.3. The van der Waals surface area contributed by atoms with Crippen LogP contribution in [0.1, 0.15) is 35.6 Å². The lowest BCUT2D eigenvalue weighted by molar-refractivity contribution is -0.129. The molecule has 240 valence electrons. The highest BCUT2D eigenvalue weighted by molar-refractivity contribution is 9.10. The van der Waals surface area contributed by atoms with Crippen molar-refractivity contribution in [1.29, 1.82) is 0 Å². The summed E-state index contributed by atoms with van der Waals surface area (Å²) in [6.45, 7) is 0.473. The molecule has 0 unspecified atom stereocenters. The first kappa shape index (κ1) is 33.3. The highest BCUT2D eigenvalue weighted by Crippen LogP contribution is 2.43. The number of benzene rings is 4. The van der Waals surface area contributed by atoms with E-state index in [2.05, 4.69) is 21.2 Å². The molecular formula is C35H34BrFN2O6S. The molecule has 0 fully saturated rings. The summed E-state index contributed by atoms with van der Waals surface area (Å²) in [6.07, 6.45) is -0.417. The van der Waals surface area contributed by atoms with E-state index in [1.165, 1.54) is 18.2 Å². The smallest absolute Gasteiger partial charge is 0.252 e. The van der Waals surface area contributed by atoms with Gasteiger partial charge in [0.2, 0.25) is 5.90 Å². The summed E-state index contributed by atoms with van der Waals surface area (Å²) >= 11 is 3.45. The largest absolute Gasteiger partial charge is 0.494 e. The third kappa shape index (κ3) is 7.83. The Balaban J connectivity index is 1.51. The highest BCUT2D eigenvalue weighted by atomic mass is 79.9. The molecule has 0 spiro atoms. The van der Waals surface area contributed by atoms with Crippen LogP contribution in [0.25, 0.3) is 0 Å². The Bertz CT molecular complexity index is 1770. The Kier molecular flexibility index (Phi) is 10.9. The molecule has 2 N–H and O–H groups in total. The Morgan fingerprint density at radius 1 is 0.978 bits per heavy atom. The number of ether oxygens (including phenoxy) is 2. The first-order valence-corrected chi connectivity index (χ1v) is 17.3. The first-order valence-electron chi connectivity index (χ1n) is 14.9. The molecule has 11 heteroatoms. The minimum atomic E-state index is -3.80. The van der Waals surface area contributed by atoms with Gasteiger partial charge in [-0.05, 0) is 72.1 Å². The van der Waals surface area contributed by atoms with Crippen molar-refractivity contribution in [2.75, 3.05) is 25.5 Å². The lowest BCUT2D eigenvalue weighted by Crippen LogP contribution is -2.49. The van der Waals surface area contributed by atoms with Crippen LogP contribution >= 0.6 is 15.9 Å². The van der Waals surface area contributed by atoms with E-state index in [9.17, 15) is 17.6 Å². The van der Waals surface area contributed by atoms with Crippen LogP contribution in [-0.4, -0.2) is 56.4 Å². The number of aliphatic imine (C=N–C) groups is 1. The number of carbonyl (C=O) groups is 1. The van der Waals surface area contributed by atoms with Gasteiger partial charge in [0, 0.05) is 36.0 Å². The van der Waals surface area contributed by atoms with Crippen molar-refractivity contribution in [3.8, 4) is 5.75 Å². The molecule has 0 saturated carbocycles. The van der Waals surface area contributed by atoms with Gasteiger partial charge in [-0.1, -0.05) is 64.5 Å². The lowest BCUT2D eigenvalue weighted by Gasteiger charge is -2.30. The molecule has 0 bridgehead atoms. The van der Waals surface area contributed by atoms with Crippen molar-refractivity contribution in [3.63, 3.8) is 0 Å². The molecule has 46 heavy (non-hydrogen) atoms. The number of aliphatic hydroxyl groups is 1. The molecule has 0 saturated heterocycles. The molecule has 0 radical (unpaired) electrons. The average Bonchev–Trinajstić information content (AvgIpc) is 3.47. The van der Waals surface area contributed by atoms with E-state index in [0.29, 0.717) is 35.5 Å². The monoisotopic (exact) mass is 708 g/mol. The predicted octanol–water partition coefficient (Wildman–Crippen LogP) is 5.83. The molecule has 8 nitrogen and oxygen atoms in total. The second-order valence-corrected chi connectivity index (χ2v) is 13.8. The highest BCUT2D eigenvalue weighted by Gasteiger charge is 2.53. The topological polar surface area (TPSA) is 114 Å². The molecule has 1 amide bonds. The van der Waals surface area contributed by atoms with Crippen LogP contribution in [0.2, 0.25) is 0 Å². The van der Waals surface area contributed by atoms with Gasteiger partial charge >= 0.3 is 0 Å². The lowest BCUT2D eigenvalue weighted by atomic mass is 9.85. The maximum absolute atomic E-state index is 14.3. The summed E-state index contributed by atoms with van der Waals surface area (Å²) < 4.78 is 54.2. The number of rotatable bonds is 14. The Morgan fingerprint density at radius 3 is 2.37 bits per heavy atom. The van der Waals surface area contributed by atoms with Gasteiger partial charge in [-0.25, -0.2) is 17.8 Å². The normalized spacial score (nSPS) is 17.6. The summed E-state index contributed by atoms with van der Waals surface area (Å²) in [6, 6.07) is 28.6. The number of carbonyl (C=O) groups excluding carboxylic acids is 1. The molecular weight excluding hydrogens is 675 g/mol. The minimum Gasteiger partial charge on any atom is -0.494 e. The molecule has 1 aliphatic rings. The van der Waals surface area contributed by atoms with Gasteiger partial charge in [0.25, 0.3) is 5.91 Å². The van der Waals surface area contributed by atoms with Crippen molar-refractivity contribution >= 4 is 37.6 Å².